The first-order chi connectivity index (χ1) is 31.6. The van der Waals surface area contributed by atoms with Crippen molar-refractivity contribution in [3.05, 3.63) is 71.8 Å². The lowest BCUT2D eigenvalue weighted by atomic mass is 9.98. The summed E-state index contributed by atoms with van der Waals surface area (Å²) in [4.78, 5) is 52.9. The fourth-order valence-electron chi connectivity index (χ4n) is 10.1. The average Bonchev–Trinajstić information content (AvgIpc) is 4.10. The minimum Gasteiger partial charge on any atom is -0.481 e. The minimum atomic E-state index is -0.663. The molecule has 2 aromatic carbocycles. The number of carbonyl (C=O) groups excluding carboxylic acids is 3. The third kappa shape index (κ3) is 16.7. The molecule has 6 unspecified atom stereocenters. The van der Waals surface area contributed by atoms with Crippen LogP contribution in [0.15, 0.2) is 60.7 Å². The van der Waals surface area contributed by atoms with Crippen LogP contribution in [0.5, 0.6) is 0 Å². The molecule has 6 fully saturated rings. The molecule has 8 rings (SSSR count). The predicted octanol–water partition coefficient (Wildman–Crippen LogP) is 9.91. The first-order valence-corrected chi connectivity index (χ1v) is 28.8. The highest BCUT2D eigenvalue weighted by Crippen LogP contribution is 2.41. The number of hydrogen-bond donors (Lipinski definition) is 2. The molecule has 2 aromatic rings. The summed E-state index contributed by atoms with van der Waals surface area (Å²) in [6, 6.07) is 21.1. The molecule has 6 heterocycles. The van der Waals surface area contributed by atoms with Gasteiger partial charge >= 0.3 is 23.9 Å². The van der Waals surface area contributed by atoms with Crippen LogP contribution in [0.1, 0.15) is 139 Å². The van der Waals surface area contributed by atoms with Crippen LogP contribution >= 0.6 is 43.2 Å². The number of esters is 3. The predicted molar refractivity (Wildman–Crippen MR) is 265 cm³/mol. The Balaban J connectivity index is 0.000000181. The van der Waals surface area contributed by atoms with Crippen molar-refractivity contribution >= 4 is 67.1 Å². The number of carboxylic acid groups (broad SMARTS) is 1. The van der Waals surface area contributed by atoms with Gasteiger partial charge < -0.3 is 34.2 Å². The van der Waals surface area contributed by atoms with Crippen molar-refractivity contribution in [1.82, 2.24) is 9.80 Å². The molecule has 0 saturated carbocycles. The van der Waals surface area contributed by atoms with Gasteiger partial charge in [0.1, 0.15) is 30.7 Å². The van der Waals surface area contributed by atoms with Gasteiger partial charge in [0, 0.05) is 59.0 Å². The number of nitrogens with zero attached hydrogens (tertiary/aromatic N) is 2. The van der Waals surface area contributed by atoms with Crippen molar-refractivity contribution in [3.8, 4) is 0 Å². The standard InChI is InChI=1S/C25H35NO4S2.C17H23NO3.C8H14O2S2/c1-26-19-11-12-20(26)16-21(15-19)30-25(28)23(18-7-3-2-4-8-18)17-29-24(27)10-6-5-9-22-13-14-31-32-22;1-18-13-7-8-14(18)10-15(9-13)21-17(20)16(11-19)12-5-3-2-4-6-12;9-8(10)4-2-1-3-7-5-6-11-12-7/h2-4,7-8,19-23H,5-6,9-17H2,1H3;2-6,13-16,19H,7-11H2,1H3;7H,1-6H2,(H,9,10)/t19-,20?,21?,22+,23?;13-,14?,15?,16?;7-/m001/s1. The highest BCUT2D eigenvalue weighted by molar-refractivity contribution is 8.77. The van der Waals surface area contributed by atoms with E-state index in [1.54, 1.807) is 0 Å². The van der Waals surface area contributed by atoms with Crippen LogP contribution in [0.4, 0.5) is 0 Å². The Morgan fingerprint density at radius 1 is 0.615 bits per heavy atom. The summed E-state index contributed by atoms with van der Waals surface area (Å²) in [5.41, 5.74) is 1.66. The number of fused-ring (bicyclic) bond motifs is 4. The quantitative estimate of drug-likeness (QED) is 0.0596. The number of benzene rings is 2. The number of unbranched alkanes of at least 4 members (excludes halogenated alkanes) is 2. The molecule has 360 valence electrons. The van der Waals surface area contributed by atoms with Gasteiger partial charge in [-0.05, 0) is 115 Å². The van der Waals surface area contributed by atoms with E-state index in [0.717, 1.165) is 73.0 Å². The second kappa shape index (κ2) is 27.6. The lowest BCUT2D eigenvalue weighted by Crippen LogP contribution is -2.44. The van der Waals surface area contributed by atoms with Crippen molar-refractivity contribution in [1.29, 1.82) is 0 Å². The van der Waals surface area contributed by atoms with Crippen molar-refractivity contribution in [2.24, 2.45) is 0 Å². The van der Waals surface area contributed by atoms with Gasteiger partial charge in [-0.1, -0.05) is 117 Å². The maximum absolute atomic E-state index is 13.1. The van der Waals surface area contributed by atoms with E-state index in [4.69, 9.17) is 19.3 Å². The number of aliphatic hydroxyl groups is 1. The van der Waals surface area contributed by atoms with E-state index in [1.165, 1.54) is 62.9 Å². The Kier molecular flexibility index (Phi) is 22.0. The normalized spacial score (nSPS) is 27.9. The SMILES string of the molecule is CN1C2CC[C@H]1CC(OC(=O)C(CO)c1ccccc1)C2.CN1C2CC[C@H]1CC(OC(=O)C(COC(=O)CCCC[C@@H]1CCSS1)c1ccccc1)C2.O=C(O)CCCC[C@@H]1CCSS1. The Hall–Kier alpha value is -2.40. The number of carboxylic acids is 1. The summed E-state index contributed by atoms with van der Waals surface area (Å²) in [5, 5.41) is 19.5. The summed E-state index contributed by atoms with van der Waals surface area (Å²) in [6.07, 6.45) is 17.9. The largest absolute Gasteiger partial charge is 0.481 e. The van der Waals surface area contributed by atoms with Gasteiger partial charge in [-0.3, -0.25) is 19.2 Å². The summed E-state index contributed by atoms with van der Waals surface area (Å²) in [6.45, 7) is -0.154. The Bertz CT molecular complexity index is 1720. The van der Waals surface area contributed by atoms with E-state index >= 15 is 0 Å². The van der Waals surface area contributed by atoms with Crippen LogP contribution in [-0.2, 0) is 33.4 Å². The molecule has 11 nitrogen and oxygen atoms in total. The van der Waals surface area contributed by atoms with Gasteiger partial charge in [-0.2, -0.15) is 0 Å². The topological polar surface area (TPSA) is 143 Å². The lowest BCUT2D eigenvalue weighted by Gasteiger charge is -2.36. The van der Waals surface area contributed by atoms with Crippen molar-refractivity contribution in [2.75, 3.05) is 38.8 Å². The van der Waals surface area contributed by atoms with Gasteiger partial charge in [-0.15, -0.1) is 0 Å². The summed E-state index contributed by atoms with van der Waals surface area (Å²) < 4.78 is 17.2. The second-order valence-corrected chi connectivity index (χ2v) is 24.1. The molecular weight excluding hydrogens is 901 g/mol. The van der Waals surface area contributed by atoms with E-state index in [0.29, 0.717) is 37.0 Å². The zero-order chi connectivity index (χ0) is 46.0. The third-order valence-electron chi connectivity index (χ3n) is 14.0. The van der Waals surface area contributed by atoms with Crippen LogP contribution in [0.3, 0.4) is 0 Å². The minimum absolute atomic E-state index is 0.00367. The maximum Gasteiger partial charge on any atom is 0.317 e. The highest BCUT2D eigenvalue weighted by atomic mass is 33.1. The number of rotatable bonds is 19. The van der Waals surface area contributed by atoms with Gasteiger partial charge in [0.05, 0.1) is 6.61 Å². The molecule has 6 saturated heterocycles. The van der Waals surface area contributed by atoms with Crippen molar-refractivity contribution in [3.63, 3.8) is 0 Å². The highest BCUT2D eigenvalue weighted by Gasteiger charge is 2.42. The summed E-state index contributed by atoms with van der Waals surface area (Å²) in [5.74, 6) is -0.0613. The van der Waals surface area contributed by atoms with E-state index in [-0.39, 0.29) is 43.3 Å². The zero-order valence-corrected chi connectivity index (χ0v) is 41.6. The van der Waals surface area contributed by atoms with Gasteiger partial charge in [0.2, 0.25) is 0 Å². The molecule has 2 N–H and O–H groups in total. The summed E-state index contributed by atoms with van der Waals surface area (Å²) in [7, 11) is 12.2. The van der Waals surface area contributed by atoms with Crippen LogP contribution in [0.2, 0.25) is 0 Å². The van der Waals surface area contributed by atoms with Crippen LogP contribution in [0.25, 0.3) is 0 Å². The molecule has 0 aromatic heterocycles. The number of carbonyl (C=O) groups is 4. The first-order valence-electron chi connectivity index (χ1n) is 24.1. The molecule has 0 spiro atoms. The Labute approximate surface area is 403 Å². The van der Waals surface area contributed by atoms with Crippen molar-refractivity contribution < 1.29 is 43.6 Å². The lowest BCUT2D eigenvalue weighted by molar-refractivity contribution is -0.158. The average molecular weight is 973 g/mol. The zero-order valence-electron chi connectivity index (χ0n) is 38.4. The molecular formula is C50H72N2O9S4. The molecule has 0 radical (unpaired) electrons. The smallest absolute Gasteiger partial charge is 0.317 e. The second-order valence-electron chi connectivity index (χ2n) is 18.5. The first kappa shape index (κ1) is 52.0. The fraction of sp³-hybridized carbons (Fsp3) is 0.680. The Morgan fingerprint density at radius 3 is 1.46 bits per heavy atom. The van der Waals surface area contributed by atoms with E-state index in [9.17, 15) is 24.3 Å². The number of hydrogen-bond acceptors (Lipinski definition) is 14. The molecule has 10 atom stereocenters. The van der Waals surface area contributed by atoms with Crippen molar-refractivity contribution in [2.45, 2.75) is 174 Å². The van der Waals surface area contributed by atoms with Crippen LogP contribution in [0, 0.1) is 0 Å². The monoisotopic (exact) mass is 972 g/mol. The van der Waals surface area contributed by atoms with Crippen LogP contribution < -0.4 is 0 Å². The molecule has 4 bridgehead atoms. The van der Waals surface area contributed by atoms with E-state index in [1.807, 2.05) is 104 Å². The molecule has 6 aliphatic rings. The molecule has 15 heteroatoms. The number of aliphatic hydroxyl groups excluding tert-OH is 1. The number of ether oxygens (including phenoxy) is 3. The summed E-state index contributed by atoms with van der Waals surface area (Å²) >= 11 is 0. The number of aliphatic carboxylic acids is 1. The molecule has 0 aliphatic carbocycles. The maximum atomic E-state index is 13.1. The van der Waals surface area contributed by atoms with Gasteiger partial charge in [0.15, 0.2) is 0 Å². The van der Waals surface area contributed by atoms with E-state index in [2.05, 4.69) is 23.9 Å². The Morgan fingerprint density at radius 2 is 1.05 bits per heavy atom. The van der Waals surface area contributed by atoms with Gasteiger partial charge in [0.25, 0.3) is 0 Å². The number of piperidine rings is 2. The fourth-order valence-corrected chi connectivity index (χ4v) is 16.1. The van der Waals surface area contributed by atoms with Gasteiger partial charge in [-0.25, -0.2) is 0 Å². The molecule has 65 heavy (non-hydrogen) atoms. The molecule has 0 amide bonds. The third-order valence-corrected chi connectivity index (χ3v) is 20.0. The van der Waals surface area contributed by atoms with E-state index < -0.39 is 17.8 Å². The van der Waals surface area contributed by atoms with Crippen LogP contribution in [-0.4, -0.2) is 130 Å². The molecule has 6 aliphatic heterocycles.